The molecule has 0 spiro atoms. The summed E-state index contributed by atoms with van der Waals surface area (Å²) in [5, 5.41) is 11.9. The van der Waals surface area contributed by atoms with E-state index in [1.54, 1.807) is 0 Å². The number of aromatic nitrogens is 2. The van der Waals surface area contributed by atoms with Crippen LogP contribution in [0.2, 0.25) is 0 Å². The third-order valence-corrected chi connectivity index (χ3v) is 4.45. The maximum absolute atomic E-state index is 11.8. The van der Waals surface area contributed by atoms with Gasteiger partial charge >= 0.3 is 6.09 Å². The van der Waals surface area contributed by atoms with Gasteiger partial charge in [0.25, 0.3) is 0 Å². The van der Waals surface area contributed by atoms with E-state index in [2.05, 4.69) is 29.4 Å². The van der Waals surface area contributed by atoms with Gasteiger partial charge in [0.05, 0.1) is 12.3 Å². The van der Waals surface area contributed by atoms with Crippen LogP contribution < -0.4 is 5.32 Å². The minimum absolute atomic E-state index is 0.161. The highest BCUT2D eigenvalue weighted by Gasteiger charge is 2.28. The van der Waals surface area contributed by atoms with E-state index in [4.69, 9.17) is 4.74 Å². The van der Waals surface area contributed by atoms with Crippen molar-refractivity contribution in [2.24, 2.45) is 5.92 Å². The molecular formula is C11H16N4O3S2. The quantitative estimate of drug-likeness (QED) is 0.799. The van der Waals surface area contributed by atoms with Gasteiger partial charge in [-0.25, -0.2) is 9.69 Å². The normalized spacial score (nSPS) is 14.8. The van der Waals surface area contributed by atoms with Crippen molar-refractivity contribution in [3.8, 4) is 0 Å². The number of amides is 2. The fraction of sp³-hybridized carbons (Fsp3) is 0.636. The summed E-state index contributed by atoms with van der Waals surface area (Å²) in [5.74, 6) is 0.427. The van der Waals surface area contributed by atoms with Crippen LogP contribution in [-0.2, 0) is 9.53 Å². The molecule has 2 rings (SSSR count). The number of anilines is 1. The number of hydrogen-bond donors (Lipinski definition) is 1. The molecule has 1 aliphatic rings. The second-order valence-electron chi connectivity index (χ2n) is 4.60. The van der Waals surface area contributed by atoms with Crippen LogP contribution in [-0.4, -0.2) is 52.5 Å². The van der Waals surface area contributed by atoms with Crippen LogP contribution in [0, 0.1) is 5.92 Å². The second kappa shape index (κ2) is 6.89. The third-order valence-electron chi connectivity index (χ3n) is 2.45. The Morgan fingerprint density at radius 2 is 2.35 bits per heavy atom. The lowest BCUT2D eigenvalue weighted by molar-refractivity contribution is -0.125. The zero-order valence-electron chi connectivity index (χ0n) is 11.3. The lowest BCUT2D eigenvalue weighted by Gasteiger charge is -2.08. The summed E-state index contributed by atoms with van der Waals surface area (Å²) in [7, 11) is 0. The molecule has 0 radical (unpaired) electrons. The van der Waals surface area contributed by atoms with Gasteiger partial charge in [-0.15, -0.1) is 10.2 Å². The minimum atomic E-state index is -0.563. The van der Waals surface area contributed by atoms with Crippen molar-refractivity contribution >= 4 is 40.2 Å². The Morgan fingerprint density at radius 1 is 1.55 bits per heavy atom. The molecule has 9 heteroatoms. The largest absolute Gasteiger partial charge is 0.447 e. The van der Waals surface area contributed by atoms with Gasteiger partial charge in [-0.1, -0.05) is 36.9 Å². The van der Waals surface area contributed by atoms with E-state index in [1.807, 2.05) is 0 Å². The third kappa shape index (κ3) is 4.07. The molecule has 1 aromatic heterocycles. The fourth-order valence-corrected chi connectivity index (χ4v) is 3.09. The van der Waals surface area contributed by atoms with Crippen molar-refractivity contribution in [3.63, 3.8) is 0 Å². The van der Waals surface area contributed by atoms with Crippen molar-refractivity contribution in [2.75, 3.05) is 30.8 Å². The summed E-state index contributed by atoms with van der Waals surface area (Å²) < 4.78 is 5.42. The molecule has 1 aliphatic heterocycles. The summed E-state index contributed by atoms with van der Waals surface area (Å²) in [6, 6.07) is 0. The molecule has 0 aromatic carbocycles. The van der Waals surface area contributed by atoms with E-state index in [9.17, 15) is 9.59 Å². The van der Waals surface area contributed by atoms with Crippen molar-refractivity contribution in [3.05, 3.63) is 0 Å². The van der Waals surface area contributed by atoms with Crippen LogP contribution in [0.3, 0.4) is 0 Å². The van der Waals surface area contributed by atoms with Crippen molar-refractivity contribution in [2.45, 2.75) is 18.2 Å². The van der Waals surface area contributed by atoms with Crippen molar-refractivity contribution in [1.82, 2.24) is 15.1 Å². The van der Waals surface area contributed by atoms with Crippen LogP contribution in [0.25, 0.3) is 0 Å². The first-order chi connectivity index (χ1) is 9.56. The molecule has 2 heterocycles. The number of nitrogens with zero attached hydrogens (tertiary/aromatic N) is 3. The first-order valence-corrected chi connectivity index (χ1v) is 8.03. The Kier molecular flexibility index (Phi) is 5.18. The Balaban J connectivity index is 1.79. The van der Waals surface area contributed by atoms with Gasteiger partial charge in [-0.3, -0.25) is 4.79 Å². The number of hydrogen-bond acceptors (Lipinski definition) is 8. The number of thioether (sulfide) groups is 1. The van der Waals surface area contributed by atoms with E-state index in [-0.39, 0.29) is 18.3 Å². The van der Waals surface area contributed by atoms with Crippen molar-refractivity contribution < 1.29 is 14.3 Å². The zero-order chi connectivity index (χ0) is 14.5. The highest BCUT2D eigenvalue weighted by molar-refractivity contribution is 8.01. The molecule has 1 aromatic rings. The predicted octanol–water partition coefficient (Wildman–Crippen LogP) is 1.68. The first kappa shape index (κ1) is 15.0. The first-order valence-electron chi connectivity index (χ1n) is 6.23. The molecule has 0 saturated carbocycles. The highest BCUT2D eigenvalue weighted by atomic mass is 32.2. The topological polar surface area (TPSA) is 84.4 Å². The lowest BCUT2D eigenvalue weighted by atomic mass is 10.2. The number of carbonyl (C=O) groups is 2. The molecule has 20 heavy (non-hydrogen) atoms. The summed E-state index contributed by atoms with van der Waals surface area (Å²) in [6.45, 7) is 5.65. The molecule has 2 amide bonds. The molecule has 1 N–H and O–H groups in total. The Hall–Kier alpha value is -1.35. The maximum Gasteiger partial charge on any atom is 0.416 e. The molecule has 0 bridgehead atoms. The van der Waals surface area contributed by atoms with E-state index < -0.39 is 6.09 Å². The summed E-state index contributed by atoms with van der Waals surface area (Å²) >= 11 is 2.68. The Bertz CT molecular complexity index is 492. The number of carbonyl (C=O) groups excluding carboxylic acids is 2. The number of ether oxygens (including phenoxy) is 1. The molecule has 0 aliphatic carbocycles. The molecule has 0 atom stereocenters. The molecule has 110 valence electrons. The van der Waals surface area contributed by atoms with Crippen LogP contribution in [0.15, 0.2) is 4.34 Å². The van der Waals surface area contributed by atoms with Crippen LogP contribution in [0.1, 0.15) is 13.8 Å². The van der Waals surface area contributed by atoms with Gasteiger partial charge in [-0.2, -0.15) is 0 Å². The maximum atomic E-state index is 11.8. The van der Waals surface area contributed by atoms with Gasteiger partial charge in [0.1, 0.15) is 6.61 Å². The second-order valence-corrected chi connectivity index (χ2v) is 6.80. The van der Waals surface area contributed by atoms with Gasteiger partial charge in [0, 0.05) is 6.54 Å². The monoisotopic (exact) mass is 316 g/mol. The Labute approximate surface area is 125 Å². The smallest absolute Gasteiger partial charge is 0.416 e. The zero-order valence-corrected chi connectivity index (χ0v) is 12.9. The molecule has 1 saturated heterocycles. The molecular weight excluding hydrogens is 300 g/mol. The average Bonchev–Trinajstić information content (AvgIpc) is 3.02. The van der Waals surface area contributed by atoms with Crippen LogP contribution >= 0.6 is 23.1 Å². The number of nitrogens with one attached hydrogen (secondary N) is 1. The van der Waals surface area contributed by atoms with E-state index in [0.29, 0.717) is 16.8 Å². The van der Waals surface area contributed by atoms with Gasteiger partial charge in [0.2, 0.25) is 11.0 Å². The Morgan fingerprint density at radius 3 is 3.00 bits per heavy atom. The summed E-state index contributed by atoms with van der Waals surface area (Å²) in [5.41, 5.74) is 0. The summed E-state index contributed by atoms with van der Waals surface area (Å²) in [4.78, 5) is 24.1. The molecule has 1 fully saturated rings. The lowest BCUT2D eigenvalue weighted by Crippen LogP contribution is -2.32. The number of cyclic esters (lactones) is 1. The standard InChI is InChI=1S/C11H16N4O3S2/c1-7(2)5-12-9-13-14-10(20-9)19-6-8(16)15-3-4-18-11(15)17/h7H,3-6H2,1-2H3,(H,12,13). The van der Waals surface area contributed by atoms with Crippen LogP contribution in [0.4, 0.5) is 9.93 Å². The highest BCUT2D eigenvalue weighted by Crippen LogP contribution is 2.26. The van der Waals surface area contributed by atoms with Crippen molar-refractivity contribution in [1.29, 1.82) is 0 Å². The van der Waals surface area contributed by atoms with E-state index >= 15 is 0 Å². The molecule has 0 unspecified atom stereocenters. The SMILES string of the molecule is CC(C)CNc1nnc(SCC(=O)N2CCOC2=O)s1. The summed E-state index contributed by atoms with van der Waals surface area (Å²) in [6.07, 6.45) is -0.563. The van der Waals surface area contributed by atoms with Gasteiger partial charge in [0.15, 0.2) is 4.34 Å². The van der Waals surface area contributed by atoms with E-state index in [1.165, 1.54) is 23.1 Å². The number of imide groups is 1. The minimum Gasteiger partial charge on any atom is -0.447 e. The van der Waals surface area contributed by atoms with E-state index in [0.717, 1.165) is 16.6 Å². The van der Waals surface area contributed by atoms with Gasteiger partial charge in [-0.05, 0) is 5.92 Å². The van der Waals surface area contributed by atoms with Crippen LogP contribution in [0.5, 0.6) is 0 Å². The number of rotatable bonds is 6. The van der Waals surface area contributed by atoms with Gasteiger partial charge < -0.3 is 10.1 Å². The fourth-order valence-electron chi connectivity index (χ4n) is 1.45. The predicted molar refractivity (Wildman–Crippen MR) is 77.0 cm³/mol. The molecule has 7 nitrogen and oxygen atoms in total. The average molecular weight is 316 g/mol.